The summed E-state index contributed by atoms with van der Waals surface area (Å²) < 4.78 is 25.3. The van der Waals surface area contributed by atoms with E-state index in [1.165, 1.54) is 6.26 Å². The molecule has 3 atom stereocenters. The number of hydrogen-bond donors (Lipinski definition) is 1. The normalized spacial score (nSPS) is 26.3. The molecule has 0 amide bonds. The second-order valence-corrected chi connectivity index (χ2v) is 7.87. The third-order valence-electron chi connectivity index (χ3n) is 4.07. The van der Waals surface area contributed by atoms with Crippen LogP contribution in [0.5, 0.6) is 0 Å². The van der Waals surface area contributed by atoms with Gasteiger partial charge in [-0.15, -0.1) is 0 Å². The second kappa shape index (κ2) is 5.63. The lowest BCUT2D eigenvalue weighted by atomic mass is 9.95. The molecule has 3 unspecified atom stereocenters. The molecule has 1 heterocycles. The molecule has 0 aromatic carbocycles. The van der Waals surface area contributed by atoms with Crippen LogP contribution in [0.3, 0.4) is 0 Å². The second-order valence-electron chi connectivity index (χ2n) is 5.54. The summed E-state index contributed by atoms with van der Waals surface area (Å²) in [5, 5.41) is 4.14. The molecule has 2 N–H and O–H groups in total. The molecule has 19 heavy (non-hydrogen) atoms. The summed E-state index contributed by atoms with van der Waals surface area (Å²) in [4.78, 5) is 0. The number of nitrogens with two attached hydrogens (primary N) is 1. The van der Waals surface area contributed by atoms with Crippen LogP contribution in [0.25, 0.3) is 0 Å². The van der Waals surface area contributed by atoms with Crippen LogP contribution in [0, 0.1) is 0 Å². The minimum absolute atomic E-state index is 0.0167. The van der Waals surface area contributed by atoms with Crippen LogP contribution in [0.2, 0.25) is 0 Å². The molecular formula is C13H23N3O2S. The molecule has 0 saturated heterocycles. The summed E-state index contributed by atoms with van der Waals surface area (Å²) in [6.45, 7) is 2.04. The molecular weight excluding hydrogens is 262 g/mol. The van der Waals surface area contributed by atoms with E-state index < -0.39 is 9.84 Å². The smallest absolute Gasteiger partial charge is 0.150 e. The Balaban J connectivity index is 2.11. The van der Waals surface area contributed by atoms with E-state index in [4.69, 9.17) is 5.73 Å². The average molecular weight is 285 g/mol. The van der Waals surface area contributed by atoms with Crippen LogP contribution in [-0.4, -0.2) is 29.7 Å². The first-order chi connectivity index (χ1) is 8.91. The zero-order valence-electron chi connectivity index (χ0n) is 11.6. The van der Waals surface area contributed by atoms with Crippen LogP contribution in [0.4, 0.5) is 0 Å². The predicted molar refractivity (Wildman–Crippen MR) is 75.6 cm³/mol. The van der Waals surface area contributed by atoms with Crippen molar-refractivity contribution in [2.45, 2.75) is 56.4 Å². The van der Waals surface area contributed by atoms with E-state index in [1.54, 1.807) is 6.20 Å². The van der Waals surface area contributed by atoms with E-state index in [1.807, 2.05) is 17.8 Å². The van der Waals surface area contributed by atoms with Gasteiger partial charge in [0, 0.05) is 24.1 Å². The van der Waals surface area contributed by atoms with Crippen LogP contribution < -0.4 is 5.73 Å². The Kier molecular flexibility index (Phi) is 4.30. The third-order valence-corrected chi connectivity index (χ3v) is 5.71. The Bertz CT molecular complexity index is 524. The molecule has 0 bridgehead atoms. The van der Waals surface area contributed by atoms with E-state index in [9.17, 15) is 8.42 Å². The van der Waals surface area contributed by atoms with Gasteiger partial charge in [-0.05, 0) is 25.7 Å². The molecule has 5 nitrogen and oxygen atoms in total. The van der Waals surface area contributed by atoms with Gasteiger partial charge >= 0.3 is 0 Å². The maximum atomic E-state index is 11.7. The molecule has 1 fully saturated rings. The fraction of sp³-hybridized carbons (Fsp3) is 0.769. The molecule has 0 aliphatic heterocycles. The SMILES string of the molecule is CCC(N)c1cnn(C2CCCC(S(C)(=O)=O)C2)c1. The highest BCUT2D eigenvalue weighted by molar-refractivity contribution is 7.91. The van der Waals surface area contributed by atoms with Crippen molar-refractivity contribution in [2.24, 2.45) is 5.73 Å². The van der Waals surface area contributed by atoms with Crippen LogP contribution in [0.1, 0.15) is 56.7 Å². The average Bonchev–Trinajstić information content (AvgIpc) is 2.86. The van der Waals surface area contributed by atoms with Crippen molar-refractivity contribution >= 4 is 9.84 Å². The predicted octanol–water partition coefficient (Wildman–Crippen LogP) is 1.82. The Labute approximate surface area is 115 Å². The lowest BCUT2D eigenvalue weighted by Crippen LogP contribution is -2.29. The molecule has 1 aromatic rings. The van der Waals surface area contributed by atoms with E-state index in [2.05, 4.69) is 5.10 Å². The Morgan fingerprint density at radius 1 is 1.53 bits per heavy atom. The van der Waals surface area contributed by atoms with Gasteiger partial charge in [0.05, 0.1) is 17.5 Å². The van der Waals surface area contributed by atoms with Crippen molar-refractivity contribution in [1.82, 2.24) is 9.78 Å². The summed E-state index contributed by atoms with van der Waals surface area (Å²) >= 11 is 0. The number of aromatic nitrogens is 2. The number of hydrogen-bond acceptors (Lipinski definition) is 4. The van der Waals surface area contributed by atoms with Gasteiger partial charge < -0.3 is 5.73 Å². The van der Waals surface area contributed by atoms with Crippen molar-refractivity contribution in [2.75, 3.05) is 6.26 Å². The highest BCUT2D eigenvalue weighted by Gasteiger charge is 2.30. The Morgan fingerprint density at radius 2 is 2.26 bits per heavy atom. The highest BCUT2D eigenvalue weighted by atomic mass is 32.2. The fourth-order valence-corrected chi connectivity index (χ4v) is 3.90. The monoisotopic (exact) mass is 285 g/mol. The minimum Gasteiger partial charge on any atom is -0.324 e. The summed E-state index contributed by atoms with van der Waals surface area (Å²) in [6.07, 6.45) is 9.37. The van der Waals surface area contributed by atoms with Gasteiger partial charge in [0.15, 0.2) is 0 Å². The molecule has 0 spiro atoms. The zero-order valence-corrected chi connectivity index (χ0v) is 12.4. The molecule has 1 aliphatic rings. The molecule has 1 saturated carbocycles. The van der Waals surface area contributed by atoms with E-state index in [0.717, 1.165) is 31.2 Å². The van der Waals surface area contributed by atoms with Gasteiger partial charge in [-0.2, -0.15) is 5.10 Å². The first-order valence-electron chi connectivity index (χ1n) is 6.90. The third kappa shape index (κ3) is 3.36. The molecule has 6 heteroatoms. The fourth-order valence-electron chi connectivity index (χ4n) is 2.73. The Hall–Kier alpha value is -0.880. The summed E-state index contributed by atoms with van der Waals surface area (Å²) in [5.74, 6) is 0. The summed E-state index contributed by atoms with van der Waals surface area (Å²) in [7, 11) is -2.95. The zero-order chi connectivity index (χ0) is 14.0. The summed E-state index contributed by atoms with van der Waals surface area (Å²) in [5.41, 5.74) is 7.02. The standard InChI is InChI=1S/C13H23N3O2S/c1-3-13(14)10-8-15-16(9-10)11-5-4-6-12(7-11)19(2,17)18/h8-9,11-13H,3-7,14H2,1-2H3. The van der Waals surface area contributed by atoms with Gasteiger partial charge in [-0.1, -0.05) is 13.3 Å². The van der Waals surface area contributed by atoms with Crippen molar-refractivity contribution in [1.29, 1.82) is 0 Å². The van der Waals surface area contributed by atoms with Crippen molar-refractivity contribution in [3.63, 3.8) is 0 Å². The summed E-state index contributed by atoms with van der Waals surface area (Å²) in [6, 6.07) is 0.203. The van der Waals surface area contributed by atoms with Crippen LogP contribution in [-0.2, 0) is 9.84 Å². The van der Waals surface area contributed by atoms with Gasteiger partial charge in [0.25, 0.3) is 0 Å². The lowest BCUT2D eigenvalue weighted by Gasteiger charge is -2.28. The maximum absolute atomic E-state index is 11.7. The topological polar surface area (TPSA) is 78.0 Å². The quantitative estimate of drug-likeness (QED) is 0.915. The minimum atomic E-state index is -2.95. The van der Waals surface area contributed by atoms with Crippen LogP contribution in [0.15, 0.2) is 12.4 Å². The van der Waals surface area contributed by atoms with E-state index >= 15 is 0 Å². The number of rotatable bonds is 4. The van der Waals surface area contributed by atoms with Gasteiger partial charge in [0.2, 0.25) is 0 Å². The van der Waals surface area contributed by atoms with E-state index in [0.29, 0.717) is 6.42 Å². The molecule has 1 aliphatic carbocycles. The van der Waals surface area contributed by atoms with Gasteiger partial charge in [-0.3, -0.25) is 4.68 Å². The maximum Gasteiger partial charge on any atom is 0.150 e. The Morgan fingerprint density at radius 3 is 2.89 bits per heavy atom. The molecule has 0 radical (unpaired) electrons. The number of nitrogens with zero attached hydrogens (tertiary/aromatic N) is 2. The van der Waals surface area contributed by atoms with Gasteiger partial charge in [0.1, 0.15) is 9.84 Å². The van der Waals surface area contributed by atoms with Crippen molar-refractivity contribution in [3.05, 3.63) is 18.0 Å². The first kappa shape index (κ1) is 14.5. The molecule has 2 rings (SSSR count). The van der Waals surface area contributed by atoms with Crippen LogP contribution >= 0.6 is 0 Å². The largest absolute Gasteiger partial charge is 0.324 e. The first-order valence-corrected chi connectivity index (χ1v) is 8.85. The lowest BCUT2D eigenvalue weighted by molar-refractivity contribution is 0.329. The van der Waals surface area contributed by atoms with Gasteiger partial charge in [-0.25, -0.2) is 8.42 Å². The van der Waals surface area contributed by atoms with Crippen molar-refractivity contribution < 1.29 is 8.42 Å². The number of sulfone groups is 1. The molecule has 108 valence electrons. The van der Waals surface area contributed by atoms with E-state index in [-0.39, 0.29) is 17.3 Å². The highest BCUT2D eigenvalue weighted by Crippen LogP contribution is 2.32. The van der Waals surface area contributed by atoms with Crippen molar-refractivity contribution in [3.8, 4) is 0 Å². The molecule has 1 aromatic heterocycles.